The van der Waals surface area contributed by atoms with Gasteiger partial charge in [-0.05, 0) is 37.6 Å². The maximum absolute atomic E-state index is 12.0. The number of imide groups is 1. The fourth-order valence-corrected chi connectivity index (χ4v) is 3.02. The summed E-state index contributed by atoms with van der Waals surface area (Å²) < 4.78 is 5.19. The van der Waals surface area contributed by atoms with Crippen molar-refractivity contribution in [2.45, 2.75) is 44.7 Å². The van der Waals surface area contributed by atoms with Crippen LogP contribution in [-0.2, 0) is 11.3 Å². The first kappa shape index (κ1) is 18.3. The second-order valence-corrected chi connectivity index (χ2v) is 6.38. The molecule has 24 heavy (non-hydrogen) atoms. The van der Waals surface area contributed by atoms with Crippen LogP contribution in [0.1, 0.15) is 37.7 Å². The van der Waals surface area contributed by atoms with Gasteiger partial charge >= 0.3 is 6.03 Å². The smallest absolute Gasteiger partial charge is 0.321 e. The largest absolute Gasteiger partial charge is 0.497 e. The summed E-state index contributed by atoms with van der Waals surface area (Å²) in [7, 11) is 3.47. The Morgan fingerprint density at radius 1 is 1.25 bits per heavy atom. The number of amides is 3. The number of carbonyl (C=O) groups is 2. The Morgan fingerprint density at radius 3 is 2.71 bits per heavy atom. The maximum atomic E-state index is 12.0. The van der Waals surface area contributed by atoms with Crippen molar-refractivity contribution in [2.75, 3.05) is 20.7 Å². The number of ether oxygens (including phenoxy) is 1. The normalized spacial score (nSPS) is 15.1. The molecule has 2 N–H and O–H groups in total. The highest BCUT2D eigenvalue weighted by Crippen LogP contribution is 2.17. The zero-order valence-electron chi connectivity index (χ0n) is 14.5. The highest BCUT2D eigenvalue weighted by atomic mass is 16.5. The Labute approximate surface area is 143 Å². The van der Waals surface area contributed by atoms with E-state index in [1.807, 2.05) is 36.2 Å². The number of hydrogen-bond donors (Lipinski definition) is 2. The van der Waals surface area contributed by atoms with Gasteiger partial charge in [-0.1, -0.05) is 31.4 Å². The van der Waals surface area contributed by atoms with Crippen LogP contribution in [0.3, 0.4) is 0 Å². The molecule has 0 radical (unpaired) electrons. The molecule has 0 aliphatic heterocycles. The molecular formula is C18H27N3O3. The van der Waals surface area contributed by atoms with Crippen molar-refractivity contribution in [1.29, 1.82) is 0 Å². The summed E-state index contributed by atoms with van der Waals surface area (Å²) in [6.45, 7) is 0.768. The zero-order valence-corrected chi connectivity index (χ0v) is 14.5. The van der Waals surface area contributed by atoms with E-state index in [9.17, 15) is 9.59 Å². The first-order valence-corrected chi connectivity index (χ1v) is 8.48. The van der Waals surface area contributed by atoms with Crippen LogP contribution >= 0.6 is 0 Å². The first-order valence-electron chi connectivity index (χ1n) is 8.48. The van der Waals surface area contributed by atoms with Crippen LogP contribution in [0.2, 0.25) is 0 Å². The standard InChI is InChI=1S/C18H27N3O3/c1-21(12-14-7-6-10-16(11-14)24-2)13-17(22)20-18(23)19-15-8-4-3-5-9-15/h6-7,10-11,15H,3-5,8-9,12-13H2,1-2H3,(H2,19,20,22,23). The van der Waals surface area contributed by atoms with Gasteiger partial charge in [0.15, 0.2) is 0 Å². The van der Waals surface area contributed by atoms with Crippen LogP contribution in [0.25, 0.3) is 0 Å². The Kier molecular flexibility index (Phi) is 7.06. The van der Waals surface area contributed by atoms with Crippen LogP contribution < -0.4 is 15.4 Å². The second-order valence-electron chi connectivity index (χ2n) is 6.38. The topological polar surface area (TPSA) is 70.7 Å². The number of hydrogen-bond acceptors (Lipinski definition) is 4. The van der Waals surface area contributed by atoms with E-state index in [0.29, 0.717) is 6.54 Å². The third-order valence-corrected chi connectivity index (χ3v) is 4.19. The minimum atomic E-state index is -0.387. The maximum Gasteiger partial charge on any atom is 0.321 e. The van der Waals surface area contributed by atoms with Gasteiger partial charge < -0.3 is 10.1 Å². The van der Waals surface area contributed by atoms with Gasteiger partial charge in [-0.3, -0.25) is 15.0 Å². The molecule has 0 unspecified atom stereocenters. The van der Waals surface area contributed by atoms with Gasteiger partial charge in [-0.25, -0.2) is 4.79 Å². The van der Waals surface area contributed by atoms with Gasteiger partial charge in [0.2, 0.25) is 5.91 Å². The van der Waals surface area contributed by atoms with Crippen molar-refractivity contribution in [2.24, 2.45) is 0 Å². The van der Waals surface area contributed by atoms with E-state index in [0.717, 1.165) is 37.0 Å². The molecule has 3 amide bonds. The lowest BCUT2D eigenvalue weighted by atomic mass is 9.96. The predicted molar refractivity (Wildman–Crippen MR) is 92.9 cm³/mol. The van der Waals surface area contributed by atoms with E-state index in [2.05, 4.69) is 10.6 Å². The van der Waals surface area contributed by atoms with Crippen molar-refractivity contribution in [3.8, 4) is 5.75 Å². The molecule has 0 aromatic heterocycles. The molecule has 0 atom stereocenters. The molecule has 1 aliphatic carbocycles. The van der Waals surface area contributed by atoms with Crippen LogP contribution in [0, 0.1) is 0 Å². The predicted octanol–water partition coefficient (Wildman–Crippen LogP) is 2.29. The molecule has 132 valence electrons. The molecule has 2 rings (SSSR count). The average Bonchev–Trinajstić information content (AvgIpc) is 2.55. The lowest BCUT2D eigenvalue weighted by Crippen LogP contribution is -2.47. The van der Waals surface area contributed by atoms with Crippen molar-refractivity contribution in [3.63, 3.8) is 0 Å². The fraction of sp³-hybridized carbons (Fsp3) is 0.556. The van der Waals surface area contributed by atoms with E-state index in [1.165, 1.54) is 6.42 Å². The van der Waals surface area contributed by atoms with E-state index >= 15 is 0 Å². The van der Waals surface area contributed by atoms with E-state index < -0.39 is 0 Å². The quantitative estimate of drug-likeness (QED) is 0.838. The number of methoxy groups -OCH3 is 1. The molecule has 0 saturated heterocycles. The number of benzene rings is 1. The van der Waals surface area contributed by atoms with Crippen molar-refractivity contribution in [1.82, 2.24) is 15.5 Å². The van der Waals surface area contributed by atoms with Gasteiger partial charge in [0.1, 0.15) is 5.75 Å². The molecule has 1 aliphatic rings. The summed E-state index contributed by atoms with van der Waals surface area (Å²) in [6, 6.07) is 7.52. The molecule has 1 aromatic carbocycles. The number of carbonyl (C=O) groups excluding carboxylic acids is 2. The molecule has 0 heterocycles. The van der Waals surface area contributed by atoms with Gasteiger partial charge in [-0.15, -0.1) is 0 Å². The third kappa shape index (κ3) is 6.20. The van der Waals surface area contributed by atoms with Gasteiger partial charge in [0, 0.05) is 12.6 Å². The van der Waals surface area contributed by atoms with Crippen LogP contribution in [0.15, 0.2) is 24.3 Å². The number of likely N-dealkylation sites (N-methyl/N-ethyl adjacent to an activating group) is 1. The molecule has 1 fully saturated rings. The van der Waals surface area contributed by atoms with Crippen molar-refractivity contribution >= 4 is 11.9 Å². The summed E-state index contributed by atoms with van der Waals surface area (Å²) in [6.07, 6.45) is 5.51. The summed E-state index contributed by atoms with van der Waals surface area (Å²) in [5, 5.41) is 5.29. The highest BCUT2D eigenvalue weighted by Gasteiger charge is 2.17. The van der Waals surface area contributed by atoms with Crippen LogP contribution in [-0.4, -0.2) is 43.6 Å². The molecular weight excluding hydrogens is 306 g/mol. The van der Waals surface area contributed by atoms with Crippen molar-refractivity contribution < 1.29 is 14.3 Å². The summed E-state index contributed by atoms with van der Waals surface area (Å²) in [5.74, 6) is 0.492. The lowest BCUT2D eigenvalue weighted by Gasteiger charge is -2.23. The summed E-state index contributed by atoms with van der Waals surface area (Å²) >= 11 is 0. The second kappa shape index (κ2) is 9.27. The fourth-order valence-electron chi connectivity index (χ4n) is 3.02. The Bertz CT molecular complexity index is 556. The molecule has 1 saturated carbocycles. The molecule has 1 aromatic rings. The minimum Gasteiger partial charge on any atom is -0.497 e. The minimum absolute atomic E-state index is 0.162. The number of nitrogens with one attached hydrogen (secondary N) is 2. The number of urea groups is 1. The Balaban J connectivity index is 1.73. The van der Waals surface area contributed by atoms with E-state index in [-0.39, 0.29) is 24.5 Å². The molecule has 0 spiro atoms. The van der Waals surface area contributed by atoms with Gasteiger partial charge in [0.25, 0.3) is 0 Å². The van der Waals surface area contributed by atoms with E-state index in [1.54, 1.807) is 7.11 Å². The SMILES string of the molecule is COc1cccc(CN(C)CC(=O)NC(=O)NC2CCCCC2)c1. The highest BCUT2D eigenvalue weighted by molar-refractivity contribution is 5.95. The van der Waals surface area contributed by atoms with Crippen molar-refractivity contribution in [3.05, 3.63) is 29.8 Å². The van der Waals surface area contributed by atoms with Crippen LogP contribution in [0.4, 0.5) is 4.79 Å². The summed E-state index contributed by atoms with van der Waals surface area (Å²) in [5.41, 5.74) is 1.05. The molecule has 6 heteroatoms. The van der Waals surface area contributed by atoms with E-state index in [4.69, 9.17) is 4.74 Å². The Morgan fingerprint density at radius 2 is 2.00 bits per heavy atom. The monoisotopic (exact) mass is 333 g/mol. The number of nitrogens with zero attached hydrogens (tertiary/aromatic N) is 1. The number of rotatable bonds is 6. The molecule has 6 nitrogen and oxygen atoms in total. The zero-order chi connectivity index (χ0) is 17.4. The average molecular weight is 333 g/mol. The van der Waals surface area contributed by atoms with Gasteiger partial charge in [0.05, 0.1) is 13.7 Å². The summed E-state index contributed by atoms with van der Waals surface area (Å²) in [4.78, 5) is 25.7. The van der Waals surface area contributed by atoms with Crippen LogP contribution in [0.5, 0.6) is 5.75 Å². The van der Waals surface area contributed by atoms with Gasteiger partial charge in [-0.2, -0.15) is 0 Å². The lowest BCUT2D eigenvalue weighted by molar-refractivity contribution is -0.121. The molecule has 0 bridgehead atoms. The Hall–Kier alpha value is -2.08. The first-order chi connectivity index (χ1) is 11.6. The third-order valence-electron chi connectivity index (χ3n) is 4.19.